The van der Waals surface area contributed by atoms with Crippen molar-refractivity contribution in [2.24, 2.45) is 0 Å². The topological polar surface area (TPSA) is 67.9 Å². The van der Waals surface area contributed by atoms with Crippen molar-refractivity contribution in [2.75, 3.05) is 26.3 Å². The number of hydrogen-bond donors (Lipinski definition) is 1. The maximum atomic E-state index is 14.1. The van der Waals surface area contributed by atoms with Crippen LogP contribution in [-0.2, 0) is 26.9 Å². The van der Waals surface area contributed by atoms with Gasteiger partial charge in [0.15, 0.2) is 0 Å². The van der Waals surface area contributed by atoms with Crippen LogP contribution in [0.15, 0.2) is 48.5 Å². The first kappa shape index (κ1) is 24.5. The van der Waals surface area contributed by atoms with Crippen LogP contribution < -0.4 is 10.1 Å². The predicted molar refractivity (Wildman–Crippen MR) is 111 cm³/mol. The summed E-state index contributed by atoms with van der Waals surface area (Å²) in [7, 11) is 0. The zero-order valence-corrected chi connectivity index (χ0v) is 17.9. The Bertz CT molecular complexity index is 983. The molecule has 0 spiro atoms. The van der Waals surface area contributed by atoms with E-state index < -0.39 is 41.5 Å². The third-order valence-corrected chi connectivity index (χ3v) is 5.11. The minimum Gasteiger partial charge on any atom is -0.491 e. The lowest BCUT2D eigenvalue weighted by Crippen LogP contribution is -2.55. The predicted octanol–water partition coefficient (Wildman–Crippen LogP) is 3.20. The van der Waals surface area contributed by atoms with Gasteiger partial charge in [-0.2, -0.15) is 13.2 Å². The van der Waals surface area contributed by atoms with Gasteiger partial charge in [0.25, 0.3) is 0 Å². The van der Waals surface area contributed by atoms with E-state index in [2.05, 4.69) is 5.32 Å². The van der Waals surface area contributed by atoms with Gasteiger partial charge in [-0.1, -0.05) is 24.3 Å². The van der Waals surface area contributed by atoms with Crippen LogP contribution in [0.2, 0.25) is 0 Å². The standard InChI is InChI=1S/C23H24F4N2O4/c1-15(30)28-21(11-16-5-2-3-8-20(16)24)22(31)29-9-10-32-19(13-29)14-33-18-7-4-6-17(12-18)23(25,26)27/h2-8,12,19,21H,9-11,13-14H2,1H3,(H,28,30). The number of carbonyl (C=O) groups excluding carboxylic acids is 2. The van der Waals surface area contributed by atoms with Gasteiger partial charge in [-0.05, 0) is 29.8 Å². The first-order valence-corrected chi connectivity index (χ1v) is 10.3. The third kappa shape index (κ3) is 6.92. The molecule has 0 aliphatic carbocycles. The van der Waals surface area contributed by atoms with Gasteiger partial charge in [0.05, 0.1) is 18.7 Å². The van der Waals surface area contributed by atoms with Crippen molar-refractivity contribution in [3.05, 3.63) is 65.5 Å². The van der Waals surface area contributed by atoms with Gasteiger partial charge in [0, 0.05) is 19.9 Å². The Kier molecular flexibility index (Phi) is 7.91. The number of nitrogens with zero attached hydrogens (tertiary/aromatic N) is 1. The van der Waals surface area contributed by atoms with Crippen molar-refractivity contribution >= 4 is 11.8 Å². The molecule has 0 radical (unpaired) electrons. The number of alkyl halides is 3. The van der Waals surface area contributed by atoms with Gasteiger partial charge < -0.3 is 19.7 Å². The van der Waals surface area contributed by atoms with Crippen molar-refractivity contribution in [2.45, 2.75) is 31.7 Å². The smallest absolute Gasteiger partial charge is 0.416 e. The van der Waals surface area contributed by atoms with Crippen LogP contribution in [0.25, 0.3) is 0 Å². The number of carbonyl (C=O) groups is 2. The Balaban J connectivity index is 1.63. The van der Waals surface area contributed by atoms with Crippen molar-refractivity contribution in [1.29, 1.82) is 0 Å². The van der Waals surface area contributed by atoms with Crippen LogP contribution >= 0.6 is 0 Å². The van der Waals surface area contributed by atoms with E-state index in [9.17, 15) is 27.2 Å². The normalized spacial score (nSPS) is 17.4. The fourth-order valence-corrected chi connectivity index (χ4v) is 3.52. The molecule has 1 heterocycles. The Morgan fingerprint density at radius 3 is 2.67 bits per heavy atom. The van der Waals surface area contributed by atoms with Crippen molar-refractivity contribution < 1.29 is 36.6 Å². The summed E-state index contributed by atoms with van der Waals surface area (Å²) in [6.07, 6.45) is -5.09. The second-order valence-corrected chi connectivity index (χ2v) is 7.66. The van der Waals surface area contributed by atoms with E-state index in [-0.39, 0.29) is 38.5 Å². The molecular weight excluding hydrogens is 444 g/mol. The molecule has 2 aromatic rings. The van der Waals surface area contributed by atoms with Gasteiger partial charge in [0.2, 0.25) is 11.8 Å². The van der Waals surface area contributed by atoms with Gasteiger partial charge in [-0.25, -0.2) is 4.39 Å². The van der Waals surface area contributed by atoms with E-state index in [1.54, 1.807) is 12.1 Å². The summed E-state index contributed by atoms with van der Waals surface area (Å²) < 4.78 is 63.7. The third-order valence-electron chi connectivity index (χ3n) is 5.11. The van der Waals surface area contributed by atoms with Gasteiger partial charge >= 0.3 is 6.18 Å². The Labute approximate surface area is 188 Å². The number of hydrogen-bond acceptors (Lipinski definition) is 4. The molecule has 0 aromatic heterocycles. The molecular formula is C23H24F4N2O4. The lowest BCUT2D eigenvalue weighted by molar-refractivity contribution is -0.143. The van der Waals surface area contributed by atoms with E-state index in [0.717, 1.165) is 12.1 Å². The number of ether oxygens (including phenoxy) is 2. The number of halogens is 4. The van der Waals surface area contributed by atoms with Crippen molar-refractivity contribution in [3.63, 3.8) is 0 Å². The number of benzene rings is 2. The molecule has 3 rings (SSSR count). The molecule has 1 aliphatic heterocycles. The first-order chi connectivity index (χ1) is 15.6. The summed E-state index contributed by atoms with van der Waals surface area (Å²) in [5, 5.41) is 2.57. The largest absolute Gasteiger partial charge is 0.491 e. The summed E-state index contributed by atoms with van der Waals surface area (Å²) in [5.74, 6) is -1.27. The second kappa shape index (κ2) is 10.7. The molecule has 10 heteroatoms. The molecule has 1 aliphatic rings. The Hall–Kier alpha value is -3.14. The van der Waals surface area contributed by atoms with E-state index in [0.29, 0.717) is 5.56 Å². The zero-order chi connectivity index (χ0) is 24.0. The van der Waals surface area contributed by atoms with E-state index in [4.69, 9.17) is 9.47 Å². The molecule has 2 unspecified atom stereocenters. The summed E-state index contributed by atoms with van der Waals surface area (Å²) in [4.78, 5) is 26.2. The highest BCUT2D eigenvalue weighted by Gasteiger charge is 2.32. The average molecular weight is 468 g/mol. The van der Waals surface area contributed by atoms with Crippen molar-refractivity contribution in [1.82, 2.24) is 10.2 Å². The Morgan fingerprint density at radius 2 is 1.97 bits per heavy atom. The summed E-state index contributed by atoms with van der Waals surface area (Å²) in [6, 6.07) is 9.52. The van der Waals surface area contributed by atoms with Crippen LogP contribution in [0.1, 0.15) is 18.1 Å². The number of amides is 2. The van der Waals surface area contributed by atoms with E-state index >= 15 is 0 Å². The van der Waals surface area contributed by atoms with Crippen LogP contribution in [-0.4, -0.2) is 55.2 Å². The van der Waals surface area contributed by atoms with Crippen LogP contribution in [0, 0.1) is 5.82 Å². The molecule has 0 bridgehead atoms. The molecule has 1 fully saturated rings. The minimum absolute atomic E-state index is 0.0200. The quantitative estimate of drug-likeness (QED) is 0.634. The fraction of sp³-hybridized carbons (Fsp3) is 0.391. The molecule has 0 saturated carbocycles. The minimum atomic E-state index is -4.49. The van der Waals surface area contributed by atoms with Gasteiger partial charge in [-0.15, -0.1) is 0 Å². The lowest BCUT2D eigenvalue weighted by atomic mass is 10.0. The highest BCUT2D eigenvalue weighted by Crippen LogP contribution is 2.31. The SMILES string of the molecule is CC(=O)NC(Cc1ccccc1F)C(=O)N1CCOC(COc2cccc(C(F)(F)F)c2)C1. The molecule has 178 valence electrons. The van der Waals surface area contributed by atoms with Crippen LogP contribution in [0.5, 0.6) is 5.75 Å². The highest BCUT2D eigenvalue weighted by atomic mass is 19.4. The van der Waals surface area contributed by atoms with Gasteiger partial charge in [0.1, 0.15) is 30.3 Å². The average Bonchev–Trinajstić information content (AvgIpc) is 2.78. The van der Waals surface area contributed by atoms with Gasteiger partial charge in [-0.3, -0.25) is 9.59 Å². The molecule has 1 N–H and O–H groups in total. The lowest BCUT2D eigenvalue weighted by Gasteiger charge is -2.35. The monoisotopic (exact) mass is 468 g/mol. The molecule has 2 atom stereocenters. The Morgan fingerprint density at radius 1 is 1.21 bits per heavy atom. The number of morpholine rings is 1. The highest BCUT2D eigenvalue weighted by molar-refractivity contribution is 5.87. The summed E-state index contributed by atoms with van der Waals surface area (Å²) >= 11 is 0. The maximum absolute atomic E-state index is 14.1. The first-order valence-electron chi connectivity index (χ1n) is 10.3. The van der Waals surface area contributed by atoms with E-state index in [1.165, 1.54) is 36.1 Å². The fourth-order valence-electron chi connectivity index (χ4n) is 3.52. The second-order valence-electron chi connectivity index (χ2n) is 7.66. The number of nitrogens with one attached hydrogen (secondary N) is 1. The van der Waals surface area contributed by atoms with E-state index in [1.807, 2.05) is 0 Å². The summed E-state index contributed by atoms with van der Waals surface area (Å²) in [5.41, 5.74) is -0.532. The number of rotatable bonds is 7. The molecule has 1 saturated heterocycles. The maximum Gasteiger partial charge on any atom is 0.416 e. The molecule has 2 aromatic carbocycles. The molecule has 33 heavy (non-hydrogen) atoms. The van der Waals surface area contributed by atoms with Crippen molar-refractivity contribution in [3.8, 4) is 5.75 Å². The zero-order valence-electron chi connectivity index (χ0n) is 17.9. The molecule has 2 amide bonds. The van der Waals surface area contributed by atoms with Crippen LogP contribution in [0.3, 0.4) is 0 Å². The summed E-state index contributed by atoms with van der Waals surface area (Å²) in [6.45, 7) is 1.77. The van der Waals surface area contributed by atoms with Crippen LogP contribution in [0.4, 0.5) is 17.6 Å². The molecule has 6 nitrogen and oxygen atoms in total.